The first-order valence-corrected chi connectivity index (χ1v) is 35.0. The number of nitrogens with zero attached hydrogens (tertiary/aromatic N) is 6. The second kappa shape index (κ2) is 26.2. The van der Waals surface area contributed by atoms with E-state index in [1.807, 2.05) is 53.9 Å². The van der Waals surface area contributed by atoms with Crippen LogP contribution in [0, 0.1) is 0 Å². The zero-order valence-electron chi connectivity index (χ0n) is 50.7. The topological polar surface area (TPSA) is 234 Å². The standard InChI is InChI=1S/C34H39Cl2N5O6S2.C30H31Cl2N3O5S/c1-18(2)46-26-14-20(37-32(42)40-49(43,44)34(3)12-13-34)15-27-30(26)38-33(48-27)41(4)21-10-11-22(16-21)45-17-23-29(39-47-31(23)19-8-9-19)28-24(35)6-5-7-25(28)36;1-15(2)39-23-11-17(29(36)37)12-24-27(23)33-30(41-24)35(3)18-9-10-19(13-18)38-14-20-26(34-40-28(20)16-7-8-16)25-21(31)5-4-6-22(25)32/h5-7,14-15,18-19,21-22H,8-13,16-17H2,1-4H3,(H2,37,40,42);4-6,11-12,15-16,18-19H,7-10,13-14H2,1-3H3,(H,36,37)/t21-,22+;18-,19+/m11/s1. The van der Waals surface area contributed by atoms with Crippen LogP contribution >= 0.6 is 69.1 Å². The highest BCUT2D eigenvalue weighted by Gasteiger charge is 2.51. The number of carbonyl (C=O) groups excluding carboxylic acids is 1. The summed E-state index contributed by atoms with van der Waals surface area (Å²) in [4.78, 5) is 38.6. The molecule has 2 amide bonds. The number of amides is 2. The fourth-order valence-electron chi connectivity index (χ4n) is 11.7. The molecular formula is C64H70Cl4N8O11S3. The second-order valence-corrected chi connectivity index (χ2v) is 30.6. The number of thiazole rings is 2. The Labute approximate surface area is 550 Å². The summed E-state index contributed by atoms with van der Waals surface area (Å²) in [6.07, 6.45) is 10.5. The van der Waals surface area contributed by atoms with Gasteiger partial charge in [-0.3, -0.25) is 0 Å². The van der Waals surface area contributed by atoms with Crippen LogP contribution in [0.3, 0.4) is 0 Å². The van der Waals surface area contributed by atoms with Gasteiger partial charge < -0.3 is 48.2 Å². The number of carbonyl (C=O) groups is 2. The molecule has 4 aromatic heterocycles. The van der Waals surface area contributed by atoms with Crippen LogP contribution in [0.1, 0.15) is 157 Å². The van der Waals surface area contributed by atoms with E-state index in [-0.39, 0.29) is 42.1 Å². The smallest absolute Gasteiger partial charge is 0.335 e. The van der Waals surface area contributed by atoms with Crippen LogP contribution in [0.25, 0.3) is 42.9 Å². The highest BCUT2D eigenvalue weighted by atomic mass is 35.5. The maximum absolute atomic E-state index is 12.7. The molecule has 8 aromatic rings. The number of hydrogen-bond acceptors (Lipinski definition) is 18. The van der Waals surface area contributed by atoms with Gasteiger partial charge in [-0.2, -0.15) is 0 Å². The number of halogens is 4. The van der Waals surface area contributed by atoms with Gasteiger partial charge in [-0.05, 0) is 154 Å². The highest BCUT2D eigenvalue weighted by molar-refractivity contribution is 7.91. The fourth-order valence-corrected chi connectivity index (χ4v) is 16.1. The molecule has 0 spiro atoms. The van der Waals surface area contributed by atoms with Gasteiger partial charge in [0.25, 0.3) is 0 Å². The molecule has 26 heteroatoms. The molecule has 5 fully saturated rings. The predicted molar refractivity (Wildman–Crippen MR) is 354 cm³/mol. The third-order valence-electron chi connectivity index (χ3n) is 17.2. The molecule has 0 aliphatic heterocycles. The van der Waals surface area contributed by atoms with Crippen molar-refractivity contribution in [3.63, 3.8) is 0 Å². The van der Waals surface area contributed by atoms with Gasteiger partial charge in [0, 0.05) is 72.0 Å². The Morgan fingerprint density at radius 3 is 1.54 bits per heavy atom. The summed E-state index contributed by atoms with van der Waals surface area (Å²) in [5, 5.41) is 24.8. The zero-order valence-corrected chi connectivity index (χ0v) is 56.2. The lowest BCUT2D eigenvalue weighted by Gasteiger charge is -2.24. The van der Waals surface area contributed by atoms with Crippen molar-refractivity contribution in [3.8, 4) is 34.0 Å². The number of sulfonamides is 1. The van der Waals surface area contributed by atoms with E-state index in [0.29, 0.717) is 109 Å². The van der Waals surface area contributed by atoms with E-state index >= 15 is 0 Å². The summed E-state index contributed by atoms with van der Waals surface area (Å²) in [7, 11) is 0.294. The number of ether oxygens (including phenoxy) is 4. The van der Waals surface area contributed by atoms with Gasteiger partial charge in [-0.15, -0.1) is 0 Å². The van der Waals surface area contributed by atoms with Crippen LogP contribution in [0.2, 0.25) is 20.1 Å². The molecule has 5 saturated carbocycles. The predicted octanol–water partition coefficient (Wildman–Crippen LogP) is 16.7. The number of rotatable bonds is 22. The minimum Gasteiger partial charge on any atom is -0.489 e. The third-order valence-corrected chi connectivity index (χ3v) is 22.8. The number of aromatic nitrogens is 4. The average molecular weight is 1370 g/mol. The van der Waals surface area contributed by atoms with Crippen molar-refractivity contribution in [2.45, 2.75) is 178 Å². The number of fused-ring (bicyclic) bond motifs is 2. The summed E-state index contributed by atoms with van der Waals surface area (Å²) in [6, 6.07) is 17.1. The number of urea groups is 1. The van der Waals surface area contributed by atoms with Crippen LogP contribution in [0.15, 0.2) is 69.7 Å². The van der Waals surface area contributed by atoms with Crippen molar-refractivity contribution >= 4 is 127 Å². The number of carboxylic acids is 1. The van der Waals surface area contributed by atoms with Crippen LogP contribution in [0.5, 0.6) is 11.5 Å². The molecule has 0 unspecified atom stereocenters. The highest BCUT2D eigenvalue weighted by Crippen LogP contribution is 2.49. The monoisotopic (exact) mass is 1360 g/mol. The van der Waals surface area contributed by atoms with E-state index in [2.05, 4.69) is 30.2 Å². The first-order chi connectivity index (χ1) is 43.0. The lowest BCUT2D eigenvalue weighted by atomic mass is 10.0. The van der Waals surface area contributed by atoms with Crippen LogP contribution in [-0.2, 0) is 32.7 Å². The molecule has 0 radical (unpaired) electrons. The molecule has 19 nitrogen and oxygen atoms in total. The summed E-state index contributed by atoms with van der Waals surface area (Å²) in [5.74, 6) is 2.46. The normalized spacial score (nSPS) is 19.6. The Morgan fingerprint density at radius 2 is 1.12 bits per heavy atom. The Morgan fingerprint density at radius 1 is 0.678 bits per heavy atom. The number of benzene rings is 4. The van der Waals surface area contributed by atoms with Crippen LogP contribution in [0.4, 0.5) is 20.7 Å². The molecule has 478 valence electrons. The van der Waals surface area contributed by atoms with Crippen molar-refractivity contribution in [1.29, 1.82) is 0 Å². The second-order valence-electron chi connectivity index (χ2n) is 24.8. The van der Waals surface area contributed by atoms with E-state index in [9.17, 15) is 23.1 Å². The van der Waals surface area contributed by atoms with E-state index in [4.69, 9.17) is 84.4 Å². The average Bonchev–Trinajstić information content (AvgIpc) is 1.71. The van der Waals surface area contributed by atoms with Gasteiger partial charge in [0.15, 0.2) is 10.3 Å². The molecule has 90 heavy (non-hydrogen) atoms. The molecule has 3 N–H and O–H groups in total. The molecule has 5 aliphatic carbocycles. The Balaban J connectivity index is 0.000000177. The van der Waals surface area contributed by atoms with Gasteiger partial charge in [0.1, 0.15) is 45.4 Å². The van der Waals surface area contributed by atoms with Gasteiger partial charge in [0.05, 0.1) is 77.4 Å². The third kappa shape index (κ3) is 13.9. The van der Waals surface area contributed by atoms with Gasteiger partial charge in [-0.25, -0.2) is 32.7 Å². The number of hydrogen-bond donors (Lipinski definition) is 3. The molecule has 5 aliphatic rings. The van der Waals surface area contributed by atoms with Crippen molar-refractivity contribution < 1.29 is 51.1 Å². The van der Waals surface area contributed by atoms with Crippen molar-refractivity contribution in [2.24, 2.45) is 0 Å². The Kier molecular flexibility index (Phi) is 18.7. The summed E-state index contributed by atoms with van der Waals surface area (Å²) in [5.41, 5.74) is 6.46. The van der Waals surface area contributed by atoms with Gasteiger partial charge in [0.2, 0.25) is 10.0 Å². The van der Waals surface area contributed by atoms with E-state index < -0.39 is 26.8 Å². The number of nitrogens with one attached hydrogen (secondary N) is 2. The van der Waals surface area contributed by atoms with Crippen LogP contribution in [-0.4, -0.2) is 101 Å². The number of aromatic carboxylic acids is 1. The number of carboxylic acid groups (broad SMARTS) is 1. The largest absolute Gasteiger partial charge is 0.489 e. The maximum atomic E-state index is 12.7. The lowest BCUT2D eigenvalue weighted by molar-refractivity contribution is 0.0440. The Bertz CT molecular complexity index is 4080. The zero-order chi connectivity index (χ0) is 63.5. The maximum Gasteiger partial charge on any atom is 0.335 e. The van der Waals surface area contributed by atoms with Gasteiger partial charge >= 0.3 is 12.0 Å². The van der Waals surface area contributed by atoms with Crippen molar-refractivity contribution in [3.05, 3.63) is 109 Å². The number of anilines is 3. The first kappa shape index (κ1) is 64.2. The summed E-state index contributed by atoms with van der Waals surface area (Å²) >= 11 is 29.1. The van der Waals surface area contributed by atoms with E-state index in [1.54, 1.807) is 55.5 Å². The molecule has 4 heterocycles. The molecule has 4 aromatic carbocycles. The SMILES string of the molecule is CC(C)Oc1cc(C(=O)O)cc2sc(N(C)[C@@H]3CC[C@H](OCc4c(-c5c(Cl)cccc5Cl)noc4C4CC4)C3)nc12.CC(C)Oc1cc(NC(=O)NS(=O)(=O)C2(C)CC2)cc2sc(N(C)[C@@H]3CC[C@H](OCc4c(-c5c(Cl)cccc5Cl)noc4C4CC4)C3)nc12. The molecular weight excluding hydrogens is 1290 g/mol. The van der Waals surface area contributed by atoms with Gasteiger partial charge in [-0.1, -0.05) is 91.5 Å². The first-order valence-electron chi connectivity index (χ1n) is 30.3. The Hall–Kier alpha value is -5.95. The molecule has 0 saturated heterocycles. The van der Waals surface area contributed by atoms with E-state index in [0.717, 1.165) is 107 Å². The quantitative estimate of drug-likeness (QED) is 0.0572. The molecule has 4 atom stereocenters. The van der Waals surface area contributed by atoms with Crippen LogP contribution < -0.4 is 29.3 Å². The minimum absolute atomic E-state index is 0.0293. The molecule has 13 rings (SSSR count). The summed E-state index contributed by atoms with van der Waals surface area (Å²) < 4.78 is 64.6. The van der Waals surface area contributed by atoms with Crippen molar-refractivity contribution in [2.75, 3.05) is 29.2 Å². The minimum atomic E-state index is -3.78. The summed E-state index contributed by atoms with van der Waals surface area (Å²) in [6.45, 7) is 10.0. The fraction of sp³-hybridized carbons (Fsp3) is 0.469. The van der Waals surface area contributed by atoms with Crippen molar-refractivity contribution in [1.82, 2.24) is 25.0 Å². The van der Waals surface area contributed by atoms with E-state index in [1.165, 1.54) is 22.7 Å². The lowest BCUT2D eigenvalue weighted by Crippen LogP contribution is -2.40. The molecule has 0 bridgehead atoms.